The summed E-state index contributed by atoms with van der Waals surface area (Å²) in [6.45, 7) is 0.356. The Morgan fingerprint density at radius 2 is 1.55 bits per heavy atom. The molecular weight excluding hydrogens is 364 g/mol. The van der Waals surface area contributed by atoms with Crippen molar-refractivity contribution in [2.75, 3.05) is 7.11 Å². The lowest BCUT2D eigenvalue weighted by molar-refractivity contribution is -0.149. The Kier molecular flexibility index (Phi) is 5.17. The molecule has 0 N–H and O–H groups in total. The number of methoxy groups -OCH3 is 1. The van der Waals surface area contributed by atoms with Gasteiger partial charge in [0.25, 0.3) is 0 Å². The molecular formula is C25H22O4. The van der Waals surface area contributed by atoms with Crippen molar-refractivity contribution in [1.29, 1.82) is 0 Å². The van der Waals surface area contributed by atoms with Crippen LogP contribution in [0, 0.1) is 5.41 Å². The van der Waals surface area contributed by atoms with Gasteiger partial charge in [-0.25, -0.2) is 0 Å². The molecule has 3 aromatic carbocycles. The molecule has 1 atom stereocenters. The van der Waals surface area contributed by atoms with Crippen LogP contribution in [0.3, 0.4) is 0 Å². The molecule has 0 fully saturated rings. The van der Waals surface area contributed by atoms with Gasteiger partial charge in [-0.3, -0.25) is 9.59 Å². The van der Waals surface area contributed by atoms with Gasteiger partial charge in [0.2, 0.25) is 0 Å². The Hall–Kier alpha value is -3.40. The summed E-state index contributed by atoms with van der Waals surface area (Å²) in [4.78, 5) is 26.4. The van der Waals surface area contributed by atoms with E-state index in [4.69, 9.17) is 9.47 Å². The maximum atomic E-state index is 13.6. The summed E-state index contributed by atoms with van der Waals surface area (Å²) in [5, 5.41) is 0. The topological polar surface area (TPSA) is 52.6 Å². The fourth-order valence-electron chi connectivity index (χ4n) is 4.00. The maximum Gasteiger partial charge on any atom is 0.320 e. The number of carbonyl (C=O) groups excluding carboxylic acids is 2. The third-order valence-electron chi connectivity index (χ3n) is 5.43. The van der Waals surface area contributed by atoms with Crippen LogP contribution in [0.4, 0.5) is 0 Å². The van der Waals surface area contributed by atoms with E-state index in [1.807, 2.05) is 72.8 Å². The summed E-state index contributed by atoms with van der Waals surface area (Å²) in [7, 11) is 1.33. The summed E-state index contributed by atoms with van der Waals surface area (Å²) >= 11 is 0. The van der Waals surface area contributed by atoms with Gasteiger partial charge in [-0.2, -0.15) is 0 Å². The number of carbonyl (C=O) groups is 2. The van der Waals surface area contributed by atoms with Gasteiger partial charge in [0.1, 0.15) is 17.8 Å². The highest BCUT2D eigenvalue weighted by molar-refractivity contribution is 6.17. The molecule has 0 saturated carbocycles. The second-order valence-corrected chi connectivity index (χ2v) is 7.31. The second kappa shape index (κ2) is 7.92. The minimum atomic E-state index is -1.26. The molecule has 0 radical (unpaired) electrons. The molecule has 4 rings (SSSR count). The number of Topliss-reactive ketones (excluding diaryl/α,β-unsaturated/α-hetero) is 1. The standard InChI is InChI=1S/C25H22O4/c1-28-24(27)25(15-18-9-4-2-5-10-18)16-20-13-8-14-21(22(20)23(25)26)29-17-19-11-6-3-7-12-19/h2-14H,15-17H2,1H3. The van der Waals surface area contributed by atoms with Crippen LogP contribution < -0.4 is 4.74 Å². The van der Waals surface area contributed by atoms with Crippen LogP contribution in [0.1, 0.15) is 27.0 Å². The lowest BCUT2D eigenvalue weighted by Gasteiger charge is -2.24. The second-order valence-electron chi connectivity index (χ2n) is 7.31. The predicted molar refractivity (Wildman–Crippen MR) is 110 cm³/mol. The average Bonchev–Trinajstić information content (AvgIpc) is 3.06. The summed E-state index contributed by atoms with van der Waals surface area (Å²) in [5.41, 5.74) is 1.99. The minimum absolute atomic E-state index is 0.230. The largest absolute Gasteiger partial charge is 0.488 e. The summed E-state index contributed by atoms with van der Waals surface area (Å²) < 4.78 is 11.1. The SMILES string of the molecule is COC(=O)C1(Cc2ccccc2)Cc2cccc(OCc3ccccc3)c2C1=O. The molecule has 3 aromatic rings. The van der Waals surface area contributed by atoms with Gasteiger partial charge in [0.05, 0.1) is 12.7 Å². The van der Waals surface area contributed by atoms with Gasteiger partial charge in [-0.15, -0.1) is 0 Å². The fourth-order valence-corrected chi connectivity index (χ4v) is 4.00. The number of ketones is 1. The number of hydrogen-bond acceptors (Lipinski definition) is 4. The van der Waals surface area contributed by atoms with Gasteiger partial charge in [-0.05, 0) is 35.6 Å². The first-order valence-corrected chi connectivity index (χ1v) is 9.60. The molecule has 4 nitrogen and oxygen atoms in total. The monoisotopic (exact) mass is 386 g/mol. The molecule has 0 aromatic heterocycles. The molecule has 1 unspecified atom stereocenters. The highest BCUT2D eigenvalue weighted by Crippen LogP contribution is 2.44. The number of rotatable bonds is 6. The molecule has 0 saturated heterocycles. The lowest BCUT2D eigenvalue weighted by Crippen LogP contribution is -2.40. The van der Waals surface area contributed by atoms with Gasteiger partial charge in [0, 0.05) is 0 Å². The van der Waals surface area contributed by atoms with E-state index < -0.39 is 11.4 Å². The van der Waals surface area contributed by atoms with E-state index in [1.54, 1.807) is 6.07 Å². The molecule has 0 spiro atoms. The Morgan fingerprint density at radius 3 is 2.21 bits per heavy atom. The van der Waals surface area contributed by atoms with Crippen molar-refractivity contribution in [2.24, 2.45) is 5.41 Å². The molecule has 0 heterocycles. The van der Waals surface area contributed by atoms with Crippen molar-refractivity contribution in [1.82, 2.24) is 0 Å². The predicted octanol–water partition coefficient (Wildman–Crippen LogP) is 4.41. The molecule has 146 valence electrons. The van der Waals surface area contributed by atoms with E-state index in [9.17, 15) is 9.59 Å². The summed E-state index contributed by atoms with van der Waals surface area (Å²) in [6.07, 6.45) is 0.609. The Bertz CT molecular complexity index is 1030. The van der Waals surface area contributed by atoms with Crippen molar-refractivity contribution in [3.8, 4) is 5.75 Å². The third-order valence-corrected chi connectivity index (χ3v) is 5.43. The lowest BCUT2D eigenvalue weighted by atomic mass is 9.78. The van der Waals surface area contributed by atoms with E-state index >= 15 is 0 Å². The van der Waals surface area contributed by atoms with E-state index in [1.165, 1.54) is 7.11 Å². The smallest absolute Gasteiger partial charge is 0.320 e. The van der Waals surface area contributed by atoms with Crippen LogP contribution in [-0.2, 0) is 29.0 Å². The maximum absolute atomic E-state index is 13.6. The molecule has 0 bridgehead atoms. The highest BCUT2D eigenvalue weighted by atomic mass is 16.5. The van der Waals surface area contributed by atoms with E-state index in [0.29, 0.717) is 30.8 Å². The number of benzene rings is 3. The molecule has 1 aliphatic rings. The number of fused-ring (bicyclic) bond motifs is 1. The molecule has 4 heteroatoms. The first-order valence-electron chi connectivity index (χ1n) is 9.60. The van der Waals surface area contributed by atoms with Crippen molar-refractivity contribution >= 4 is 11.8 Å². The van der Waals surface area contributed by atoms with Crippen LogP contribution in [-0.4, -0.2) is 18.9 Å². The average molecular weight is 386 g/mol. The summed E-state index contributed by atoms with van der Waals surface area (Å²) in [5.74, 6) is -0.224. The van der Waals surface area contributed by atoms with E-state index in [2.05, 4.69) is 0 Å². The fraction of sp³-hybridized carbons (Fsp3) is 0.200. The molecule has 0 amide bonds. The zero-order chi connectivity index (χ0) is 20.3. The minimum Gasteiger partial charge on any atom is -0.488 e. The Balaban J connectivity index is 1.68. The van der Waals surface area contributed by atoms with Crippen molar-refractivity contribution in [3.05, 3.63) is 101 Å². The number of esters is 1. The number of hydrogen-bond donors (Lipinski definition) is 0. The van der Waals surface area contributed by atoms with Crippen LogP contribution in [0.2, 0.25) is 0 Å². The highest BCUT2D eigenvalue weighted by Gasteiger charge is 2.53. The zero-order valence-electron chi connectivity index (χ0n) is 16.3. The number of ether oxygens (including phenoxy) is 2. The van der Waals surface area contributed by atoms with E-state index in [0.717, 1.165) is 16.7 Å². The Morgan fingerprint density at radius 1 is 0.897 bits per heavy atom. The van der Waals surface area contributed by atoms with Crippen LogP contribution in [0.15, 0.2) is 78.9 Å². The normalized spacial score (nSPS) is 17.6. The van der Waals surface area contributed by atoms with Crippen molar-refractivity contribution < 1.29 is 19.1 Å². The molecule has 1 aliphatic carbocycles. The Labute approximate surface area is 170 Å². The van der Waals surface area contributed by atoms with Gasteiger partial charge >= 0.3 is 5.97 Å². The molecule has 29 heavy (non-hydrogen) atoms. The third kappa shape index (κ3) is 3.54. The van der Waals surface area contributed by atoms with Crippen LogP contribution in [0.25, 0.3) is 0 Å². The van der Waals surface area contributed by atoms with Crippen molar-refractivity contribution in [3.63, 3.8) is 0 Å². The van der Waals surface area contributed by atoms with E-state index in [-0.39, 0.29) is 5.78 Å². The first-order chi connectivity index (χ1) is 14.1. The first kappa shape index (κ1) is 18.9. The quantitative estimate of drug-likeness (QED) is 0.465. The molecule has 0 aliphatic heterocycles. The van der Waals surface area contributed by atoms with Crippen molar-refractivity contribution in [2.45, 2.75) is 19.4 Å². The van der Waals surface area contributed by atoms with Gasteiger partial charge in [0.15, 0.2) is 5.78 Å². The zero-order valence-corrected chi connectivity index (χ0v) is 16.3. The van der Waals surface area contributed by atoms with Gasteiger partial charge in [-0.1, -0.05) is 72.8 Å². The van der Waals surface area contributed by atoms with Crippen LogP contribution >= 0.6 is 0 Å². The summed E-state index contributed by atoms with van der Waals surface area (Å²) in [6, 6.07) is 24.9. The van der Waals surface area contributed by atoms with Gasteiger partial charge < -0.3 is 9.47 Å². The van der Waals surface area contributed by atoms with Crippen LogP contribution in [0.5, 0.6) is 5.75 Å².